The van der Waals surface area contributed by atoms with Crippen molar-refractivity contribution >= 4 is 5.82 Å². The second-order valence-corrected chi connectivity index (χ2v) is 4.32. The largest absolute Gasteiger partial charge is 0.356 e. The van der Waals surface area contributed by atoms with Gasteiger partial charge in [-0.3, -0.25) is 0 Å². The number of nitrogens with two attached hydrogens (primary N) is 1. The minimum atomic E-state index is 0.276. The van der Waals surface area contributed by atoms with Crippen molar-refractivity contribution in [1.82, 2.24) is 9.97 Å². The van der Waals surface area contributed by atoms with Gasteiger partial charge in [-0.15, -0.1) is 0 Å². The fourth-order valence-corrected chi connectivity index (χ4v) is 2.04. The van der Waals surface area contributed by atoms with Crippen molar-refractivity contribution in [2.75, 3.05) is 18.0 Å². The molecule has 1 fully saturated rings. The highest BCUT2D eigenvalue weighted by Crippen LogP contribution is 2.23. The lowest BCUT2D eigenvalue weighted by Crippen LogP contribution is -2.30. The van der Waals surface area contributed by atoms with Gasteiger partial charge in [-0.2, -0.15) is 0 Å². The molecule has 2 unspecified atom stereocenters. The molecule has 2 rings (SSSR count). The third-order valence-electron chi connectivity index (χ3n) is 3.05. The third kappa shape index (κ3) is 2.26. The van der Waals surface area contributed by atoms with Crippen LogP contribution >= 0.6 is 0 Å². The molecule has 15 heavy (non-hydrogen) atoms. The molecule has 0 saturated carbocycles. The maximum absolute atomic E-state index is 5.91. The zero-order valence-electron chi connectivity index (χ0n) is 9.35. The summed E-state index contributed by atoms with van der Waals surface area (Å²) < 4.78 is 0. The van der Waals surface area contributed by atoms with Crippen LogP contribution in [0.15, 0.2) is 12.3 Å². The predicted octanol–water partition coefficient (Wildman–Crippen LogP) is 0.959. The van der Waals surface area contributed by atoms with E-state index < -0.39 is 0 Å². The van der Waals surface area contributed by atoms with Gasteiger partial charge in [0.05, 0.1) is 0 Å². The normalized spacial score (nSPS) is 23.1. The first-order chi connectivity index (χ1) is 7.16. The van der Waals surface area contributed by atoms with Crippen LogP contribution in [0.5, 0.6) is 0 Å². The van der Waals surface area contributed by atoms with Crippen LogP contribution < -0.4 is 10.6 Å². The highest BCUT2D eigenvalue weighted by Gasteiger charge is 2.25. The molecule has 1 saturated heterocycles. The van der Waals surface area contributed by atoms with Gasteiger partial charge in [0.15, 0.2) is 0 Å². The van der Waals surface area contributed by atoms with Gasteiger partial charge in [0.2, 0.25) is 0 Å². The summed E-state index contributed by atoms with van der Waals surface area (Å²) in [4.78, 5) is 10.8. The quantitative estimate of drug-likeness (QED) is 0.783. The van der Waals surface area contributed by atoms with Crippen LogP contribution in [0, 0.1) is 12.8 Å². The highest BCUT2D eigenvalue weighted by atomic mass is 15.2. The van der Waals surface area contributed by atoms with E-state index in [2.05, 4.69) is 21.8 Å². The van der Waals surface area contributed by atoms with Gasteiger partial charge in [0.25, 0.3) is 0 Å². The molecular formula is C11H18N4. The maximum Gasteiger partial charge on any atom is 0.132 e. The number of nitrogens with zero attached hydrogens (tertiary/aromatic N) is 3. The fraction of sp³-hybridized carbons (Fsp3) is 0.636. The summed E-state index contributed by atoms with van der Waals surface area (Å²) in [5.74, 6) is 2.46. The zero-order valence-corrected chi connectivity index (χ0v) is 9.35. The molecule has 0 amide bonds. The summed E-state index contributed by atoms with van der Waals surface area (Å²) in [6.45, 7) is 6.08. The van der Waals surface area contributed by atoms with Gasteiger partial charge < -0.3 is 10.6 Å². The molecule has 2 heterocycles. The van der Waals surface area contributed by atoms with Crippen LogP contribution in [0.3, 0.4) is 0 Å². The molecule has 4 nitrogen and oxygen atoms in total. The molecule has 1 aromatic rings. The average Bonchev–Trinajstić information content (AvgIpc) is 2.66. The molecule has 2 atom stereocenters. The van der Waals surface area contributed by atoms with E-state index in [4.69, 9.17) is 5.73 Å². The monoisotopic (exact) mass is 206 g/mol. The molecule has 1 aliphatic rings. The van der Waals surface area contributed by atoms with Crippen molar-refractivity contribution < 1.29 is 0 Å². The molecule has 0 aliphatic carbocycles. The fourth-order valence-electron chi connectivity index (χ4n) is 2.04. The number of anilines is 1. The van der Waals surface area contributed by atoms with Crippen LogP contribution in [-0.4, -0.2) is 29.1 Å². The van der Waals surface area contributed by atoms with Gasteiger partial charge in [-0.05, 0) is 32.3 Å². The second kappa shape index (κ2) is 4.14. The lowest BCUT2D eigenvalue weighted by atomic mass is 10.0. The van der Waals surface area contributed by atoms with E-state index in [1.807, 2.05) is 19.2 Å². The first-order valence-corrected chi connectivity index (χ1v) is 5.47. The summed E-state index contributed by atoms with van der Waals surface area (Å²) in [6.07, 6.45) is 2.98. The van der Waals surface area contributed by atoms with E-state index >= 15 is 0 Å². The van der Waals surface area contributed by atoms with Crippen molar-refractivity contribution in [1.29, 1.82) is 0 Å². The molecular weight excluding hydrogens is 188 g/mol. The van der Waals surface area contributed by atoms with Crippen LogP contribution in [0.2, 0.25) is 0 Å². The Hall–Kier alpha value is -1.16. The van der Waals surface area contributed by atoms with E-state index in [-0.39, 0.29) is 6.04 Å². The van der Waals surface area contributed by atoms with Gasteiger partial charge >= 0.3 is 0 Å². The number of hydrogen-bond acceptors (Lipinski definition) is 4. The van der Waals surface area contributed by atoms with Crippen molar-refractivity contribution in [2.24, 2.45) is 11.7 Å². The Balaban J connectivity index is 2.08. The summed E-state index contributed by atoms with van der Waals surface area (Å²) in [5.41, 5.74) is 5.91. The maximum atomic E-state index is 5.91. The minimum Gasteiger partial charge on any atom is -0.356 e. The number of aryl methyl sites for hydroxylation is 1. The van der Waals surface area contributed by atoms with Crippen LogP contribution in [0.1, 0.15) is 19.2 Å². The molecule has 1 aliphatic heterocycles. The Morgan fingerprint density at radius 2 is 2.40 bits per heavy atom. The minimum absolute atomic E-state index is 0.276. The Morgan fingerprint density at radius 3 is 3.00 bits per heavy atom. The van der Waals surface area contributed by atoms with Gasteiger partial charge in [-0.1, -0.05) is 0 Å². The van der Waals surface area contributed by atoms with Crippen LogP contribution in [0.4, 0.5) is 5.82 Å². The van der Waals surface area contributed by atoms with E-state index in [9.17, 15) is 0 Å². The number of aromatic nitrogens is 2. The van der Waals surface area contributed by atoms with Gasteiger partial charge in [-0.25, -0.2) is 9.97 Å². The molecule has 82 valence electrons. The molecule has 0 radical (unpaired) electrons. The third-order valence-corrected chi connectivity index (χ3v) is 3.05. The van der Waals surface area contributed by atoms with Gasteiger partial charge in [0.1, 0.15) is 11.6 Å². The average molecular weight is 206 g/mol. The lowest BCUT2D eigenvalue weighted by molar-refractivity contribution is 0.488. The predicted molar refractivity (Wildman–Crippen MR) is 60.7 cm³/mol. The molecule has 2 N–H and O–H groups in total. The lowest BCUT2D eigenvalue weighted by Gasteiger charge is -2.18. The highest BCUT2D eigenvalue weighted by molar-refractivity contribution is 5.38. The molecule has 4 heteroatoms. The van der Waals surface area contributed by atoms with E-state index in [0.29, 0.717) is 5.92 Å². The number of rotatable bonds is 2. The van der Waals surface area contributed by atoms with Crippen molar-refractivity contribution in [3.8, 4) is 0 Å². The van der Waals surface area contributed by atoms with Gasteiger partial charge in [0, 0.05) is 25.3 Å². The summed E-state index contributed by atoms with van der Waals surface area (Å²) in [6, 6.07) is 2.24. The Labute approximate surface area is 90.5 Å². The Bertz CT molecular complexity index is 337. The zero-order chi connectivity index (χ0) is 10.8. The Morgan fingerprint density at radius 1 is 1.60 bits per heavy atom. The van der Waals surface area contributed by atoms with Crippen molar-refractivity contribution in [2.45, 2.75) is 26.3 Å². The van der Waals surface area contributed by atoms with E-state index in [1.54, 1.807) is 0 Å². The van der Waals surface area contributed by atoms with E-state index in [1.165, 1.54) is 6.42 Å². The molecule has 1 aromatic heterocycles. The second-order valence-electron chi connectivity index (χ2n) is 4.32. The van der Waals surface area contributed by atoms with E-state index in [0.717, 1.165) is 24.7 Å². The Kier molecular flexibility index (Phi) is 2.86. The standard InChI is InChI=1S/C11H18N4/c1-8(12)10-4-6-15(7-10)11-3-5-13-9(2)14-11/h3,5,8,10H,4,6-7,12H2,1-2H3. The van der Waals surface area contributed by atoms with Crippen LogP contribution in [-0.2, 0) is 0 Å². The van der Waals surface area contributed by atoms with Crippen molar-refractivity contribution in [3.05, 3.63) is 18.1 Å². The number of hydrogen-bond donors (Lipinski definition) is 1. The first kappa shape index (κ1) is 10.4. The summed E-state index contributed by atoms with van der Waals surface area (Å²) in [7, 11) is 0. The smallest absolute Gasteiger partial charge is 0.132 e. The van der Waals surface area contributed by atoms with Crippen LogP contribution in [0.25, 0.3) is 0 Å². The molecule has 0 aromatic carbocycles. The molecule has 0 spiro atoms. The topological polar surface area (TPSA) is 55.0 Å². The summed E-state index contributed by atoms with van der Waals surface area (Å²) >= 11 is 0. The van der Waals surface area contributed by atoms with Crippen molar-refractivity contribution in [3.63, 3.8) is 0 Å². The molecule has 0 bridgehead atoms. The summed E-state index contributed by atoms with van der Waals surface area (Å²) in [5, 5.41) is 0. The SMILES string of the molecule is Cc1nccc(N2CCC(C(C)N)C2)n1. The first-order valence-electron chi connectivity index (χ1n) is 5.47.